The fourth-order valence-electron chi connectivity index (χ4n) is 2.13. The van der Waals surface area contributed by atoms with Gasteiger partial charge in [-0.15, -0.1) is 0 Å². The van der Waals surface area contributed by atoms with E-state index in [4.69, 9.17) is 4.74 Å². The number of nitrogens with one attached hydrogen (secondary N) is 2. The van der Waals surface area contributed by atoms with Gasteiger partial charge in [0.05, 0.1) is 31.9 Å². The molecule has 0 heterocycles. The summed E-state index contributed by atoms with van der Waals surface area (Å²) in [5, 5.41) is 5.12. The molecule has 0 bridgehead atoms. The van der Waals surface area contributed by atoms with Crippen LogP contribution in [0.25, 0.3) is 0 Å². The number of methoxy groups -OCH3 is 2. The van der Waals surface area contributed by atoms with Crippen LogP contribution in [-0.4, -0.2) is 38.5 Å². The highest BCUT2D eigenvalue weighted by atomic mass is 16.5. The lowest BCUT2D eigenvalue weighted by atomic mass is 10.2. The molecule has 0 fully saturated rings. The van der Waals surface area contributed by atoms with Gasteiger partial charge in [-0.25, -0.2) is 4.79 Å². The van der Waals surface area contributed by atoms with Crippen LogP contribution in [0, 0.1) is 0 Å². The van der Waals surface area contributed by atoms with Gasteiger partial charge in [0.1, 0.15) is 5.75 Å². The number of rotatable bonds is 6. The monoisotopic (exact) mass is 342 g/mol. The van der Waals surface area contributed by atoms with E-state index in [1.54, 1.807) is 42.5 Å². The highest BCUT2D eigenvalue weighted by Crippen LogP contribution is 2.16. The molecule has 0 spiro atoms. The number of ether oxygens (including phenoxy) is 2. The van der Waals surface area contributed by atoms with Crippen molar-refractivity contribution in [3.05, 3.63) is 59.7 Å². The van der Waals surface area contributed by atoms with Crippen LogP contribution in [0.4, 0.5) is 5.69 Å². The molecule has 0 radical (unpaired) electrons. The van der Waals surface area contributed by atoms with Crippen molar-refractivity contribution in [2.24, 2.45) is 0 Å². The van der Waals surface area contributed by atoms with Crippen molar-refractivity contribution in [1.82, 2.24) is 5.32 Å². The Morgan fingerprint density at radius 1 is 1.00 bits per heavy atom. The van der Waals surface area contributed by atoms with Gasteiger partial charge in [0.25, 0.3) is 5.91 Å². The molecule has 2 aromatic rings. The first-order valence-corrected chi connectivity index (χ1v) is 7.44. The number of hydrogen-bond acceptors (Lipinski definition) is 5. The zero-order chi connectivity index (χ0) is 18.2. The molecule has 0 saturated heterocycles. The number of para-hydroxylation sites is 1. The van der Waals surface area contributed by atoms with Gasteiger partial charge in [0, 0.05) is 5.69 Å². The Labute approximate surface area is 144 Å². The third kappa shape index (κ3) is 4.81. The molecule has 2 aromatic carbocycles. The van der Waals surface area contributed by atoms with Gasteiger partial charge >= 0.3 is 5.97 Å². The van der Waals surface area contributed by atoms with E-state index in [2.05, 4.69) is 15.4 Å². The predicted octanol–water partition coefficient (Wildman–Crippen LogP) is 1.85. The van der Waals surface area contributed by atoms with Crippen molar-refractivity contribution in [3.8, 4) is 5.75 Å². The summed E-state index contributed by atoms with van der Waals surface area (Å²) >= 11 is 0. The first kappa shape index (κ1) is 18.0. The number of anilines is 1. The molecule has 0 aliphatic carbocycles. The van der Waals surface area contributed by atoms with Crippen molar-refractivity contribution < 1.29 is 23.9 Å². The summed E-state index contributed by atoms with van der Waals surface area (Å²) in [5.74, 6) is -0.923. The molecule has 2 rings (SSSR count). The maximum atomic E-state index is 12.1. The van der Waals surface area contributed by atoms with Crippen molar-refractivity contribution in [2.75, 3.05) is 26.1 Å². The summed E-state index contributed by atoms with van der Waals surface area (Å²) in [6.07, 6.45) is 0. The second kappa shape index (κ2) is 8.49. The minimum Gasteiger partial charge on any atom is -0.496 e. The van der Waals surface area contributed by atoms with Crippen molar-refractivity contribution in [2.45, 2.75) is 0 Å². The quantitative estimate of drug-likeness (QED) is 0.782. The molecule has 7 nitrogen and oxygen atoms in total. The van der Waals surface area contributed by atoms with Crippen LogP contribution in [0.2, 0.25) is 0 Å². The molecule has 2 N–H and O–H groups in total. The van der Waals surface area contributed by atoms with Gasteiger partial charge < -0.3 is 20.1 Å². The van der Waals surface area contributed by atoms with Gasteiger partial charge in [-0.1, -0.05) is 18.2 Å². The lowest BCUT2D eigenvalue weighted by Gasteiger charge is -2.10. The van der Waals surface area contributed by atoms with E-state index in [-0.39, 0.29) is 6.54 Å². The fraction of sp³-hybridized carbons (Fsp3) is 0.167. The first-order valence-electron chi connectivity index (χ1n) is 7.44. The predicted molar refractivity (Wildman–Crippen MR) is 91.7 cm³/mol. The second-order valence-corrected chi connectivity index (χ2v) is 5.00. The Morgan fingerprint density at radius 3 is 2.48 bits per heavy atom. The summed E-state index contributed by atoms with van der Waals surface area (Å²) in [7, 11) is 2.74. The van der Waals surface area contributed by atoms with Crippen LogP contribution < -0.4 is 15.4 Å². The van der Waals surface area contributed by atoms with Crippen LogP contribution >= 0.6 is 0 Å². The van der Waals surface area contributed by atoms with Crippen LogP contribution in [0.1, 0.15) is 20.7 Å². The van der Waals surface area contributed by atoms with E-state index in [9.17, 15) is 14.4 Å². The maximum Gasteiger partial charge on any atom is 0.337 e. The summed E-state index contributed by atoms with van der Waals surface area (Å²) in [6.45, 7) is -0.223. The Balaban J connectivity index is 1.95. The fourth-order valence-corrected chi connectivity index (χ4v) is 2.13. The smallest absolute Gasteiger partial charge is 0.337 e. The average molecular weight is 342 g/mol. The maximum absolute atomic E-state index is 12.1. The molecule has 7 heteroatoms. The van der Waals surface area contributed by atoms with E-state index >= 15 is 0 Å². The van der Waals surface area contributed by atoms with E-state index < -0.39 is 17.8 Å². The molecule has 0 saturated carbocycles. The van der Waals surface area contributed by atoms with Crippen LogP contribution in [0.15, 0.2) is 48.5 Å². The molecule has 0 aromatic heterocycles. The van der Waals surface area contributed by atoms with Gasteiger partial charge in [-0.05, 0) is 30.3 Å². The van der Waals surface area contributed by atoms with E-state index in [1.165, 1.54) is 20.3 Å². The number of amides is 2. The summed E-state index contributed by atoms with van der Waals surface area (Å²) < 4.78 is 9.74. The van der Waals surface area contributed by atoms with E-state index in [0.29, 0.717) is 22.6 Å². The molecule has 130 valence electrons. The number of esters is 1. The minimum atomic E-state index is -0.499. The molecular weight excluding hydrogens is 324 g/mol. The first-order chi connectivity index (χ1) is 12.0. The molecule has 0 atom stereocenters. The van der Waals surface area contributed by atoms with Crippen LogP contribution in [0.3, 0.4) is 0 Å². The standard InChI is InChI=1S/C18H18N2O5/c1-24-15-9-4-3-8-14(15)17(22)19-11-16(21)20-13-7-5-6-12(10-13)18(23)25-2/h3-10H,11H2,1-2H3,(H,19,22)(H,20,21). The summed E-state index contributed by atoms with van der Waals surface area (Å²) in [4.78, 5) is 35.6. The zero-order valence-corrected chi connectivity index (χ0v) is 13.9. The Kier molecular flexibility index (Phi) is 6.11. The van der Waals surface area contributed by atoms with E-state index in [0.717, 1.165) is 0 Å². The van der Waals surface area contributed by atoms with Gasteiger partial charge in [-0.2, -0.15) is 0 Å². The number of benzene rings is 2. The second-order valence-electron chi connectivity index (χ2n) is 5.00. The lowest BCUT2D eigenvalue weighted by Crippen LogP contribution is -2.33. The Bertz CT molecular complexity index is 789. The third-order valence-electron chi connectivity index (χ3n) is 3.33. The Morgan fingerprint density at radius 2 is 1.76 bits per heavy atom. The minimum absolute atomic E-state index is 0.223. The topological polar surface area (TPSA) is 93.7 Å². The average Bonchev–Trinajstić information content (AvgIpc) is 2.65. The molecular formula is C18H18N2O5. The molecule has 25 heavy (non-hydrogen) atoms. The van der Waals surface area contributed by atoms with Crippen molar-refractivity contribution in [1.29, 1.82) is 0 Å². The summed E-state index contributed by atoms with van der Waals surface area (Å²) in [5.41, 5.74) is 1.09. The third-order valence-corrected chi connectivity index (χ3v) is 3.33. The number of carbonyl (C=O) groups is 3. The van der Waals surface area contributed by atoms with Gasteiger partial charge in [-0.3, -0.25) is 9.59 Å². The molecule has 0 aliphatic rings. The molecule has 2 amide bonds. The van der Waals surface area contributed by atoms with E-state index in [1.807, 2.05) is 0 Å². The van der Waals surface area contributed by atoms with Gasteiger partial charge in [0.2, 0.25) is 5.91 Å². The van der Waals surface area contributed by atoms with Gasteiger partial charge in [0.15, 0.2) is 0 Å². The largest absolute Gasteiger partial charge is 0.496 e. The highest BCUT2D eigenvalue weighted by molar-refractivity contribution is 6.01. The molecule has 0 unspecified atom stereocenters. The Hall–Kier alpha value is -3.35. The van der Waals surface area contributed by atoms with Crippen LogP contribution in [0.5, 0.6) is 5.75 Å². The lowest BCUT2D eigenvalue weighted by molar-refractivity contribution is -0.115. The summed E-state index contributed by atoms with van der Waals surface area (Å²) in [6, 6.07) is 13.0. The normalized spacial score (nSPS) is 9.84. The van der Waals surface area contributed by atoms with Crippen molar-refractivity contribution >= 4 is 23.5 Å². The van der Waals surface area contributed by atoms with Crippen LogP contribution in [-0.2, 0) is 9.53 Å². The number of carbonyl (C=O) groups excluding carboxylic acids is 3. The van der Waals surface area contributed by atoms with Crippen molar-refractivity contribution in [3.63, 3.8) is 0 Å². The SMILES string of the molecule is COC(=O)c1cccc(NC(=O)CNC(=O)c2ccccc2OC)c1. The number of hydrogen-bond donors (Lipinski definition) is 2. The zero-order valence-electron chi connectivity index (χ0n) is 13.9. The molecule has 0 aliphatic heterocycles. The highest BCUT2D eigenvalue weighted by Gasteiger charge is 2.13.